The summed E-state index contributed by atoms with van der Waals surface area (Å²) in [4.78, 5) is 16.7. The molecule has 2 aromatic rings. The summed E-state index contributed by atoms with van der Waals surface area (Å²) >= 11 is 0. The van der Waals surface area contributed by atoms with Gasteiger partial charge < -0.3 is 4.74 Å². The minimum Gasteiger partial charge on any atom is -0.438 e. The Morgan fingerprint density at radius 1 is 0.913 bits per heavy atom. The van der Waals surface area contributed by atoms with E-state index in [1.165, 1.54) is 5.56 Å². The number of fused-ring (bicyclic) bond motifs is 1. The van der Waals surface area contributed by atoms with Gasteiger partial charge in [0.15, 0.2) is 6.23 Å². The van der Waals surface area contributed by atoms with Crippen molar-refractivity contribution in [3.63, 3.8) is 0 Å². The standard InChI is InChI=1S/C19H20N2O2/c22-19-17-9-5-4-8-16(17)18(23-19)21-12-10-20(11-13-21)14-15-6-2-1-3-7-15/h1-9,18H,10-14H2/t18-/m0/s1. The number of carbonyl (C=O) groups is 1. The highest BCUT2D eigenvalue weighted by Gasteiger charge is 2.36. The van der Waals surface area contributed by atoms with E-state index < -0.39 is 0 Å². The Bertz CT molecular complexity index is 694. The highest BCUT2D eigenvalue weighted by molar-refractivity contribution is 5.93. The maximum Gasteiger partial charge on any atom is 0.340 e. The third-order valence-corrected chi connectivity index (χ3v) is 4.65. The third kappa shape index (κ3) is 2.87. The van der Waals surface area contributed by atoms with Crippen molar-refractivity contribution in [1.82, 2.24) is 9.80 Å². The van der Waals surface area contributed by atoms with Crippen molar-refractivity contribution in [3.8, 4) is 0 Å². The number of ether oxygens (including phenoxy) is 1. The molecule has 0 unspecified atom stereocenters. The number of cyclic esters (lactones) is 1. The number of nitrogens with zero attached hydrogens (tertiary/aromatic N) is 2. The van der Waals surface area contributed by atoms with E-state index in [-0.39, 0.29) is 12.2 Å². The number of carbonyl (C=O) groups excluding carboxylic acids is 1. The Balaban J connectivity index is 1.40. The molecule has 118 valence electrons. The summed E-state index contributed by atoms with van der Waals surface area (Å²) in [6, 6.07) is 18.3. The van der Waals surface area contributed by atoms with Crippen LogP contribution in [0, 0.1) is 0 Å². The summed E-state index contributed by atoms with van der Waals surface area (Å²) in [6.45, 7) is 4.80. The Morgan fingerprint density at radius 3 is 2.39 bits per heavy atom. The van der Waals surface area contributed by atoms with Gasteiger partial charge in [-0.15, -0.1) is 0 Å². The average Bonchev–Trinajstić information content (AvgIpc) is 2.94. The lowest BCUT2D eigenvalue weighted by atomic mass is 10.1. The van der Waals surface area contributed by atoms with Crippen LogP contribution in [0.25, 0.3) is 0 Å². The molecule has 1 saturated heterocycles. The summed E-state index contributed by atoms with van der Waals surface area (Å²) < 4.78 is 5.59. The largest absolute Gasteiger partial charge is 0.438 e. The van der Waals surface area contributed by atoms with Gasteiger partial charge in [-0.3, -0.25) is 9.80 Å². The predicted molar refractivity (Wildman–Crippen MR) is 87.9 cm³/mol. The predicted octanol–water partition coefficient (Wildman–Crippen LogP) is 2.67. The van der Waals surface area contributed by atoms with Crippen molar-refractivity contribution >= 4 is 5.97 Å². The van der Waals surface area contributed by atoms with E-state index in [1.54, 1.807) is 0 Å². The zero-order valence-corrected chi connectivity index (χ0v) is 13.0. The number of hydrogen-bond acceptors (Lipinski definition) is 4. The average molecular weight is 308 g/mol. The lowest BCUT2D eigenvalue weighted by Crippen LogP contribution is -2.47. The molecule has 1 atom stereocenters. The zero-order valence-electron chi connectivity index (χ0n) is 13.0. The van der Waals surface area contributed by atoms with Crippen LogP contribution in [0.1, 0.15) is 27.7 Å². The molecule has 0 radical (unpaired) electrons. The first-order chi connectivity index (χ1) is 11.3. The van der Waals surface area contributed by atoms with E-state index in [0.717, 1.165) is 38.3 Å². The monoisotopic (exact) mass is 308 g/mol. The summed E-state index contributed by atoms with van der Waals surface area (Å²) in [5.74, 6) is -0.197. The van der Waals surface area contributed by atoms with Gasteiger partial charge >= 0.3 is 5.97 Å². The molecule has 0 bridgehead atoms. The molecule has 2 heterocycles. The van der Waals surface area contributed by atoms with Gasteiger partial charge in [-0.25, -0.2) is 4.79 Å². The van der Waals surface area contributed by atoms with E-state index >= 15 is 0 Å². The van der Waals surface area contributed by atoms with Crippen LogP contribution in [0.3, 0.4) is 0 Å². The van der Waals surface area contributed by atoms with E-state index in [0.29, 0.717) is 5.56 Å². The lowest BCUT2D eigenvalue weighted by molar-refractivity contribution is -0.0419. The van der Waals surface area contributed by atoms with Crippen LogP contribution in [0.4, 0.5) is 0 Å². The van der Waals surface area contributed by atoms with Gasteiger partial charge in [0.2, 0.25) is 0 Å². The maximum atomic E-state index is 12.0. The first kappa shape index (κ1) is 14.4. The van der Waals surface area contributed by atoms with Gasteiger partial charge in [-0.05, 0) is 11.6 Å². The van der Waals surface area contributed by atoms with E-state index in [4.69, 9.17) is 4.74 Å². The minimum atomic E-state index is -0.211. The first-order valence-electron chi connectivity index (χ1n) is 8.11. The highest BCUT2D eigenvalue weighted by Crippen LogP contribution is 2.33. The van der Waals surface area contributed by atoms with Crippen molar-refractivity contribution in [2.45, 2.75) is 12.8 Å². The van der Waals surface area contributed by atoms with Crippen molar-refractivity contribution in [1.29, 1.82) is 0 Å². The fourth-order valence-corrected chi connectivity index (χ4v) is 3.40. The molecule has 0 spiro atoms. The van der Waals surface area contributed by atoms with Crippen LogP contribution in [0.5, 0.6) is 0 Å². The molecule has 4 nitrogen and oxygen atoms in total. The topological polar surface area (TPSA) is 32.8 Å². The molecular formula is C19H20N2O2. The number of benzene rings is 2. The second-order valence-corrected chi connectivity index (χ2v) is 6.14. The molecule has 2 aliphatic rings. The summed E-state index contributed by atoms with van der Waals surface area (Å²) in [6.07, 6.45) is -0.211. The molecule has 4 rings (SSSR count). The molecular weight excluding hydrogens is 288 g/mol. The Morgan fingerprint density at radius 2 is 1.61 bits per heavy atom. The molecule has 0 aliphatic carbocycles. The Kier molecular flexibility index (Phi) is 3.85. The SMILES string of the molecule is O=C1O[C@H](N2CCN(Cc3ccccc3)CC2)c2ccccc21. The molecule has 2 aliphatic heterocycles. The van der Waals surface area contributed by atoms with Crippen LogP contribution >= 0.6 is 0 Å². The third-order valence-electron chi connectivity index (χ3n) is 4.65. The fourth-order valence-electron chi connectivity index (χ4n) is 3.40. The van der Waals surface area contributed by atoms with E-state index in [9.17, 15) is 4.79 Å². The van der Waals surface area contributed by atoms with Gasteiger partial charge in [-0.2, -0.15) is 0 Å². The fraction of sp³-hybridized carbons (Fsp3) is 0.316. The maximum absolute atomic E-state index is 12.0. The van der Waals surface area contributed by atoms with Crippen LogP contribution in [0.15, 0.2) is 54.6 Å². The van der Waals surface area contributed by atoms with Crippen LogP contribution < -0.4 is 0 Å². The number of hydrogen-bond donors (Lipinski definition) is 0. The highest BCUT2D eigenvalue weighted by atomic mass is 16.6. The van der Waals surface area contributed by atoms with Gasteiger partial charge in [0.25, 0.3) is 0 Å². The molecule has 23 heavy (non-hydrogen) atoms. The van der Waals surface area contributed by atoms with Gasteiger partial charge in [-0.1, -0.05) is 48.5 Å². The lowest BCUT2D eigenvalue weighted by Gasteiger charge is -2.37. The summed E-state index contributed by atoms with van der Waals surface area (Å²) in [7, 11) is 0. The molecule has 0 aromatic heterocycles. The van der Waals surface area contributed by atoms with Crippen LogP contribution in [-0.4, -0.2) is 41.9 Å². The summed E-state index contributed by atoms with van der Waals surface area (Å²) in [5, 5.41) is 0. The Labute approximate surface area is 136 Å². The van der Waals surface area contributed by atoms with E-state index in [2.05, 4.69) is 34.1 Å². The van der Waals surface area contributed by atoms with Gasteiger partial charge in [0.1, 0.15) is 0 Å². The molecule has 2 aromatic carbocycles. The number of rotatable bonds is 3. The van der Waals surface area contributed by atoms with Gasteiger partial charge in [0.05, 0.1) is 5.56 Å². The second-order valence-electron chi connectivity index (χ2n) is 6.14. The minimum absolute atomic E-state index is 0.197. The molecule has 0 N–H and O–H groups in total. The molecule has 4 heteroatoms. The molecule has 1 fully saturated rings. The second kappa shape index (κ2) is 6.14. The van der Waals surface area contributed by atoms with Crippen molar-refractivity contribution < 1.29 is 9.53 Å². The molecule has 0 amide bonds. The van der Waals surface area contributed by atoms with Crippen molar-refractivity contribution in [2.75, 3.05) is 26.2 Å². The Hall–Kier alpha value is -2.17. The number of piperazine rings is 1. The quantitative estimate of drug-likeness (QED) is 0.816. The summed E-state index contributed by atoms with van der Waals surface area (Å²) in [5.41, 5.74) is 3.07. The van der Waals surface area contributed by atoms with Crippen LogP contribution in [0.2, 0.25) is 0 Å². The smallest absolute Gasteiger partial charge is 0.340 e. The molecule has 0 saturated carbocycles. The first-order valence-corrected chi connectivity index (χ1v) is 8.11. The van der Waals surface area contributed by atoms with Crippen molar-refractivity contribution in [3.05, 3.63) is 71.3 Å². The normalized spacial score (nSPS) is 21.9. The van der Waals surface area contributed by atoms with Crippen molar-refractivity contribution in [2.24, 2.45) is 0 Å². The van der Waals surface area contributed by atoms with Gasteiger partial charge in [0, 0.05) is 38.3 Å². The van der Waals surface area contributed by atoms with E-state index in [1.807, 2.05) is 30.3 Å². The number of esters is 1. The van der Waals surface area contributed by atoms with Crippen LogP contribution in [-0.2, 0) is 11.3 Å². The zero-order chi connectivity index (χ0) is 15.6.